The van der Waals surface area contributed by atoms with Gasteiger partial charge in [0.1, 0.15) is 11.1 Å². The first-order valence-electron chi connectivity index (χ1n) is 10.6. The fourth-order valence-electron chi connectivity index (χ4n) is 3.52. The molecule has 3 atom stereocenters. The Hall–Kier alpha value is -2.74. The number of hydrogen-bond donors (Lipinski definition) is 4. The molecule has 14 heteroatoms. The highest BCUT2D eigenvalue weighted by Crippen LogP contribution is 2.29. The number of nitrogens with one attached hydrogen (secondary N) is 3. The average molecular weight is 515 g/mol. The number of ether oxygens (including phenoxy) is 2. The molecule has 1 fully saturated rings. The molecule has 2 amide bonds. The van der Waals surface area contributed by atoms with E-state index in [9.17, 15) is 19.5 Å². The monoisotopic (exact) mass is 514 g/mol. The van der Waals surface area contributed by atoms with Crippen LogP contribution in [-0.4, -0.2) is 83.5 Å². The minimum Gasteiger partial charge on any atom is -0.477 e. The molecule has 0 bridgehead atoms. The molecule has 34 heavy (non-hydrogen) atoms. The number of aromatic nitrogens is 3. The Labute approximate surface area is 205 Å². The number of hydrogen-bond acceptors (Lipinski definition) is 9. The lowest BCUT2D eigenvalue weighted by Gasteiger charge is -2.37. The van der Waals surface area contributed by atoms with Crippen LogP contribution in [0.15, 0.2) is 0 Å². The van der Waals surface area contributed by atoms with E-state index in [1.807, 2.05) is 11.8 Å². The molecule has 2 aromatic heterocycles. The summed E-state index contributed by atoms with van der Waals surface area (Å²) in [4.78, 5) is 49.8. The summed E-state index contributed by atoms with van der Waals surface area (Å²) in [7, 11) is 2.95. The highest BCUT2D eigenvalue weighted by atomic mass is 35.5. The number of anilines is 1. The smallest absolute Gasteiger partial charge is 0.348 e. The number of methoxy groups -OCH3 is 2. The summed E-state index contributed by atoms with van der Waals surface area (Å²) in [5.41, 5.74) is 0.505. The molecule has 3 heterocycles. The summed E-state index contributed by atoms with van der Waals surface area (Å²) in [6.45, 7) is 4.32. The fourth-order valence-corrected chi connectivity index (χ4v) is 4.72. The molecule has 3 unspecified atom stereocenters. The van der Waals surface area contributed by atoms with Gasteiger partial charge >= 0.3 is 5.97 Å². The molecular weight excluding hydrogens is 488 g/mol. The van der Waals surface area contributed by atoms with Crippen molar-refractivity contribution < 1.29 is 29.0 Å². The Morgan fingerprint density at radius 3 is 2.65 bits per heavy atom. The van der Waals surface area contributed by atoms with Crippen LogP contribution in [-0.2, 0) is 15.9 Å². The zero-order chi connectivity index (χ0) is 25.0. The number of H-pyrrole nitrogens is 1. The molecule has 0 radical (unpaired) electrons. The largest absolute Gasteiger partial charge is 0.477 e. The van der Waals surface area contributed by atoms with Gasteiger partial charge in [-0.25, -0.2) is 14.8 Å². The highest BCUT2D eigenvalue weighted by molar-refractivity contribution is 7.17. The van der Waals surface area contributed by atoms with Crippen molar-refractivity contribution in [2.75, 3.05) is 32.2 Å². The van der Waals surface area contributed by atoms with Gasteiger partial charge in [-0.2, -0.15) is 0 Å². The number of aryl methyl sites for hydroxylation is 1. The quantitative estimate of drug-likeness (QED) is 0.364. The lowest BCUT2D eigenvalue weighted by molar-refractivity contribution is 0.0538. The molecule has 4 N–H and O–H groups in total. The van der Waals surface area contributed by atoms with Crippen LogP contribution in [0.4, 0.5) is 5.13 Å². The number of carboxylic acids is 1. The van der Waals surface area contributed by atoms with Gasteiger partial charge in [-0.3, -0.25) is 9.59 Å². The van der Waals surface area contributed by atoms with Crippen molar-refractivity contribution in [3.63, 3.8) is 0 Å². The molecule has 186 valence electrons. The van der Waals surface area contributed by atoms with E-state index in [-0.39, 0.29) is 27.6 Å². The maximum absolute atomic E-state index is 12.7. The van der Waals surface area contributed by atoms with Gasteiger partial charge in [0.05, 0.1) is 17.8 Å². The van der Waals surface area contributed by atoms with E-state index >= 15 is 0 Å². The Morgan fingerprint density at radius 1 is 1.32 bits per heavy atom. The predicted molar refractivity (Wildman–Crippen MR) is 125 cm³/mol. The van der Waals surface area contributed by atoms with E-state index in [2.05, 4.69) is 25.6 Å². The summed E-state index contributed by atoms with van der Waals surface area (Å²) in [5, 5.41) is 15.7. The third kappa shape index (κ3) is 5.66. The number of carbonyl (C=O) groups excluding carboxylic acids is 2. The van der Waals surface area contributed by atoms with Gasteiger partial charge in [0.25, 0.3) is 11.8 Å². The number of amides is 2. The van der Waals surface area contributed by atoms with E-state index in [1.165, 1.54) is 14.2 Å². The van der Waals surface area contributed by atoms with Crippen molar-refractivity contribution >= 4 is 45.9 Å². The van der Waals surface area contributed by atoms with Crippen LogP contribution in [0, 0.1) is 0 Å². The zero-order valence-electron chi connectivity index (χ0n) is 19.2. The number of halogens is 1. The number of nitrogens with zero attached hydrogens (tertiary/aromatic N) is 3. The normalized spacial score (nSPS) is 19.0. The van der Waals surface area contributed by atoms with Crippen molar-refractivity contribution in [3.05, 3.63) is 27.2 Å². The minimum atomic E-state index is -1.24. The number of carboxylic acid groups (broad SMARTS) is 1. The third-order valence-corrected chi connectivity index (χ3v) is 6.88. The van der Waals surface area contributed by atoms with E-state index in [0.717, 1.165) is 11.3 Å². The van der Waals surface area contributed by atoms with Crippen LogP contribution in [0.5, 0.6) is 0 Å². The number of aromatic carboxylic acids is 1. The standard InChI is InChI=1S/C20H27ClN6O6S/c1-5-10-15(21)26-16(23-10)18(29)24-11-6-7-27(8-12(11)33-4)20-25-13(14(34-20)19(30)31)17(28)22-9(2)32-3/h9,11-12H,5-8H2,1-4H3,(H,22,28)(H,23,26)(H,24,29)(H,30,31). The molecule has 1 saturated heterocycles. The van der Waals surface area contributed by atoms with Gasteiger partial charge in [0.2, 0.25) is 0 Å². The van der Waals surface area contributed by atoms with E-state index in [1.54, 1.807) is 6.92 Å². The van der Waals surface area contributed by atoms with Crippen LogP contribution in [0.2, 0.25) is 5.15 Å². The number of carbonyl (C=O) groups is 3. The molecule has 3 rings (SSSR count). The minimum absolute atomic E-state index is 0.131. The SMILES string of the molecule is CCc1[nH]c(C(=O)NC2CCN(c3nc(C(=O)NC(C)OC)c(C(=O)O)s3)CC2OC)nc1Cl. The van der Waals surface area contributed by atoms with E-state index in [0.29, 0.717) is 36.8 Å². The second-order valence-corrected chi connectivity index (χ2v) is 8.96. The first kappa shape index (κ1) is 25.9. The zero-order valence-corrected chi connectivity index (χ0v) is 20.7. The van der Waals surface area contributed by atoms with Crippen LogP contribution in [0.1, 0.15) is 56.7 Å². The lowest BCUT2D eigenvalue weighted by Crippen LogP contribution is -2.55. The van der Waals surface area contributed by atoms with Crippen LogP contribution >= 0.6 is 22.9 Å². The Kier molecular flexibility index (Phi) is 8.47. The lowest BCUT2D eigenvalue weighted by atomic mass is 10.0. The first-order valence-corrected chi connectivity index (χ1v) is 11.8. The molecule has 1 aliphatic rings. The maximum atomic E-state index is 12.7. The molecule has 1 aliphatic heterocycles. The number of aromatic amines is 1. The van der Waals surface area contributed by atoms with Gasteiger partial charge in [0.15, 0.2) is 21.8 Å². The number of imidazole rings is 1. The molecule has 2 aromatic rings. The molecule has 12 nitrogen and oxygen atoms in total. The number of rotatable bonds is 9. The first-order chi connectivity index (χ1) is 16.2. The number of piperidine rings is 1. The Morgan fingerprint density at radius 2 is 2.06 bits per heavy atom. The Bertz CT molecular complexity index is 1060. The fraction of sp³-hybridized carbons (Fsp3) is 0.550. The van der Waals surface area contributed by atoms with Crippen LogP contribution in [0.25, 0.3) is 0 Å². The molecular formula is C20H27ClN6O6S. The third-order valence-electron chi connectivity index (χ3n) is 5.46. The van der Waals surface area contributed by atoms with Crippen LogP contribution in [0.3, 0.4) is 0 Å². The van der Waals surface area contributed by atoms with Gasteiger partial charge in [-0.05, 0) is 19.8 Å². The molecule has 0 aromatic carbocycles. The Balaban J connectivity index is 1.72. The van der Waals surface area contributed by atoms with Crippen molar-refractivity contribution in [3.8, 4) is 0 Å². The van der Waals surface area contributed by atoms with E-state index in [4.69, 9.17) is 21.1 Å². The second kappa shape index (κ2) is 11.1. The van der Waals surface area contributed by atoms with Crippen LogP contribution < -0.4 is 15.5 Å². The van der Waals surface area contributed by atoms with E-state index < -0.39 is 30.1 Å². The van der Waals surface area contributed by atoms with Gasteiger partial charge in [0, 0.05) is 27.3 Å². The number of thiazole rings is 1. The van der Waals surface area contributed by atoms with Gasteiger partial charge in [-0.1, -0.05) is 29.9 Å². The van der Waals surface area contributed by atoms with Crippen molar-refractivity contribution in [1.29, 1.82) is 0 Å². The highest BCUT2D eigenvalue weighted by Gasteiger charge is 2.34. The van der Waals surface area contributed by atoms with Crippen molar-refractivity contribution in [2.24, 2.45) is 0 Å². The van der Waals surface area contributed by atoms with Gasteiger partial charge in [-0.15, -0.1) is 0 Å². The summed E-state index contributed by atoms with van der Waals surface area (Å²) >= 11 is 6.94. The topological polar surface area (TPSA) is 159 Å². The summed E-state index contributed by atoms with van der Waals surface area (Å²) < 4.78 is 10.6. The summed E-state index contributed by atoms with van der Waals surface area (Å²) in [5.74, 6) is -2.14. The maximum Gasteiger partial charge on any atom is 0.348 e. The summed E-state index contributed by atoms with van der Waals surface area (Å²) in [6, 6.07) is -0.313. The molecule has 0 spiro atoms. The average Bonchev–Trinajstić information content (AvgIpc) is 3.43. The van der Waals surface area contributed by atoms with Crippen molar-refractivity contribution in [2.45, 2.75) is 45.1 Å². The summed E-state index contributed by atoms with van der Waals surface area (Å²) in [6.07, 6.45) is 0.115. The molecule has 0 aliphatic carbocycles. The second-order valence-electron chi connectivity index (χ2n) is 7.63. The van der Waals surface area contributed by atoms with Crippen molar-refractivity contribution in [1.82, 2.24) is 25.6 Å². The molecule has 0 saturated carbocycles. The van der Waals surface area contributed by atoms with Gasteiger partial charge < -0.3 is 35.1 Å². The predicted octanol–water partition coefficient (Wildman–Crippen LogP) is 1.53.